The molecule has 0 radical (unpaired) electrons. The van der Waals surface area contributed by atoms with Gasteiger partial charge in [-0.25, -0.2) is 4.79 Å². The molecule has 0 spiro atoms. The highest BCUT2D eigenvalue weighted by molar-refractivity contribution is 6.09. The lowest BCUT2D eigenvalue weighted by Gasteiger charge is -2.03. The zero-order chi connectivity index (χ0) is 13.6. The van der Waals surface area contributed by atoms with Crippen molar-refractivity contribution in [2.75, 3.05) is 0 Å². The summed E-state index contributed by atoms with van der Waals surface area (Å²) in [6.07, 6.45) is 0. The lowest BCUT2D eigenvalue weighted by Crippen LogP contribution is -2.01. The van der Waals surface area contributed by atoms with Crippen molar-refractivity contribution in [1.29, 1.82) is 0 Å². The number of rotatable bonds is 1. The number of nitrogens with zero attached hydrogens (tertiary/aromatic N) is 1. The van der Waals surface area contributed by atoms with Crippen LogP contribution in [0.25, 0.3) is 21.7 Å². The van der Waals surface area contributed by atoms with Crippen LogP contribution in [0.3, 0.4) is 0 Å². The predicted octanol–water partition coefficient (Wildman–Crippen LogP) is 2.56. The maximum absolute atomic E-state index is 11.8. The van der Waals surface area contributed by atoms with E-state index in [1.54, 1.807) is 0 Å². The molecular weight excluding hydrogens is 250 g/mol. The molecule has 6 heteroatoms. The maximum Gasteiger partial charge on any atom is 0.344 e. The Balaban J connectivity index is 2.65. The molecule has 0 aliphatic carbocycles. The van der Waals surface area contributed by atoms with Gasteiger partial charge in [-0.15, -0.1) is 0 Å². The van der Waals surface area contributed by atoms with Crippen LogP contribution in [0.1, 0.15) is 0 Å². The number of hydrogen-bond donors (Lipinski definition) is 1. The number of phenols is 1. The van der Waals surface area contributed by atoms with Crippen LogP contribution in [0.2, 0.25) is 0 Å². The van der Waals surface area contributed by atoms with Gasteiger partial charge < -0.3 is 9.52 Å². The van der Waals surface area contributed by atoms with Crippen molar-refractivity contribution in [3.05, 3.63) is 56.9 Å². The molecule has 0 aliphatic rings. The largest absolute Gasteiger partial charge is 0.508 e. The Kier molecular flexibility index (Phi) is 2.25. The molecule has 3 rings (SSSR count). The number of nitro benzene ring substituents is 1. The van der Waals surface area contributed by atoms with Crippen molar-refractivity contribution in [1.82, 2.24) is 0 Å². The fourth-order valence-corrected chi connectivity index (χ4v) is 2.10. The van der Waals surface area contributed by atoms with Crippen LogP contribution in [0, 0.1) is 10.1 Å². The molecule has 0 atom stereocenters. The van der Waals surface area contributed by atoms with Gasteiger partial charge in [-0.2, -0.15) is 0 Å². The van der Waals surface area contributed by atoms with Gasteiger partial charge in [0.05, 0.1) is 15.7 Å². The second kappa shape index (κ2) is 3.81. The highest BCUT2D eigenvalue weighted by atomic mass is 16.6. The molecule has 6 nitrogen and oxygen atoms in total. The lowest BCUT2D eigenvalue weighted by atomic mass is 10.1. The van der Waals surface area contributed by atoms with Crippen LogP contribution in [0.5, 0.6) is 5.75 Å². The van der Waals surface area contributed by atoms with Gasteiger partial charge in [0.2, 0.25) is 0 Å². The van der Waals surface area contributed by atoms with Crippen molar-refractivity contribution in [2.24, 2.45) is 0 Å². The number of phenolic OH excluding ortho intramolecular Hbond substituents is 1. The van der Waals surface area contributed by atoms with Crippen molar-refractivity contribution in [3.8, 4) is 5.75 Å². The summed E-state index contributed by atoms with van der Waals surface area (Å²) < 4.78 is 5.05. The van der Waals surface area contributed by atoms with Gasteiger partial charge in [0, 0.05) is 17.5 Å². The number of non-ortho nitro benzene ring substituents is 1. The Morgan fingerprint density at radius 2 is 1.95 bits per heavy atom. The van der Waals surface area contributed by atoms with E-state index in [4.69, 9.17) is 4.42 Å². The molecule has 0 amide bonds. The molecule has 0 bridgehead atoms. The molecule has 0 saturated heterocycles. The van der Waals surface area contributed by atoms with E-state index in [9.17, 15) is 20.0 Å². The molecule has 1 N–H and O–H groups in total. The zero-order valence-electron chi connectivity index (χ0n) is 9.49. The third-order valence-corrected chi connectivity index (χ3v) is 2.90. The van der Waals surface area contributed by atoms with Gasteiger partial charge in [-0.05, 0) is 18.2 Å². The van der Waals surface area contributed by atoms with E-state index in [2.05, 4.69) is 0 Å². The van der Waals surface area contributed by atoms with E-state index < -0.39 is 10.5 Å². The van der Waals surface area contributed by atoms with Gasteiger partial charge in [0.1, 0.15) is 11.3 Å². The van der Waals surface area contributed by atoms with Gasteiger partial charge >= 0.3 is 5.63 Å². The number of fused-ring (bicyclic) bond motifs is 3. The highest BCUT2D eigenvalue weighted by Gasteiger charge is 2.17. The zero-order valence-corrected chi connectivity index (χ0v) is 9.49. The number of benzene rings is 2. The van der Waals surface area contributed by atoms with Crippen molar-refractivity contribution >= 4 is 27.4 Å². The first-order valence-electron chi connectivity index (χ1n) is 5.41. The van der Waals surface area contributed by atoms with Crippen molar-refractivity contribution < 1.29 is 14.4 Å². The molecule has 0 unspecified atom stereocenters. The molecule has 19 heavy (non-hydrogen) atoms. The molecule has 1 heterocycles. The van der Waals surface area contributed by atoms with Gasteiger partial charge in [0.25, 0.3) is 5.69 Å². The molecule has 1 aromatic heterocycles. The van der Waals surface area contributed by atoms with E-state index in [1.165, 1.54) is 36.4 Å². The Morgan fingerprint density at radius 3 is 2.68 bits per heavy atom. The van der Waals surface area contributed by atoms with E-state index in [-0.39, 0.29) is 27.8 Å². The fraction of sp³-hybridized carbons (Fsp3) is 0. The molecular formula is C13H7NO5. The van der Waals surface area contributed by atoms with Crippen LogP contribution in [-0.4, -0.2) is 10.0 Å². The minimum Gasteiger partial charge on any atom is -0.508 e. The molecule has 2 aromatic carbocycles. The number of hydrogen-bond acceptors (Lipinski definition) is 5. The van der Waals surface area contributed by atoms with Gasteiger partial charge in [0.15, 0.2) is 0 Å². The molecule has 94 valence electrons. The number of aromatic hydroxyl groups is 1. The lowest BCUT2D eigenvalue weighted by molar-refractivity contribution is -0.383. The highest BCUT2D eigenvalue weighted by Crippen LogP contribution is 2.31. The third kappa shape index (κ3) is 1.61. The van der Waals surface area contributed by atoms with E-state index >= 15 is 0 Å². The first-order chi connectivity index (χ1) is 9.08. The minimum absolute atomic E-state index is 0.0754. The monoisotopic (exact) mass is 257 g/mol. The summed E-state index contributed by atoms with van der Waals surface area (Å²) in [7, 11) is 0. The Labute approximate surface area is 105 Å². The normalized spacial score (nSPS) is 10.9. The molecule has 3 aromatic rings. The molecule has 0 saturated carbocycles. The summed E-state index contributed by atoms with van der Waals surface area (Å²) in [4.78, 5) is 22.3. The topological polar surface area (TPSA) is 93.6 Å². The second-order valence-electron chi connectivity index (χ2n) is 4.03. The average Bonchev–Trinajstić information content (AvgIpc) is 2.37. The Hall–Kier alpha value is -2.89. The standard InChI is InChI=1S/C13H7NO5/c15-7-4-5-8-11(6-7)19-13(16)9-2-1-3-10(12(8)9)14(17)18/h1-6,15H. The van der Waals surface area contributed by atoms with Gasteiger partial charge in [-0.3, -0.25) is 10.1 Å². The smallest absolute Gasteiger partial charge is 0.344 e. The fourth-order valence-electron chi connectivity index (χ4n) is 2.10. The van der Waals surface area contributed by atoms with E-state index in [1.807, 2.05) is 0 Å². The first kappa shape index (κ1) is 11.2. The quantitative estimate of drug-likeness (QED) is 0.313. The summed E-state index contributed by atoms with van der Waals surface area (Å²) in [6, 6.07) is 8.37. The summed E-state index contributed by atoms with van der Waals surface area (Å²) in [6.45, 7) is 0. The predicted molar refractivity (Wildman–Crippen MR) is 68.3 cm³/mol. The molecule has 0 aliphatic heterocycles. The van der Waals surface area contributed by atoms with Crippen molar-refractivity contribution in [2.45, 2.75) is 0 Å². The molecule has 0 fully saturated rings. The first-order valence-corrected chi connectivity index (χ1v) is 5.41. The second-order valence-corrected chi connectivity index (χ2v) is 4.03. The summed E-state index contributed by atoms with van der Waals surface area (Å²) in [5.41, 5.74) is -0.718. The van der Waals surface area contributed by atoms with E-state index in [0.29, 0.717) is 5.39 Å². The summed E-state index contributed by atoms with van der Waals surface area (Å²) >= 11 is 0. The summed E-state index contributed by atoms with van der Waals surface area (Å²) in [5.74, 6) is -0.0754. The van der Waals surface area contributed by atoms with Gasteiger partial charge in [-0.1, -0.05) is 6.07 Å². The van der Waals surface area contributed by atoms with Crippen LogP contribution in [0.15, 0.2) is 45.6 Å². The van der Waals surface area contributed by atoms with Crippen LogP contribution in [-0.2, 0) is 0 Å². The van der Waals surface area contributed by atoms with Crippen LogP contribution in [0.4, 0.5) is 5.69 Å². The van der Waals surface area contributed by atoms with Crippen LogP contribution < -0.4 is 5.63 Å². The number of nitro groups is 1. The van der Waals surface area contributed by atoms with Crippen molar-refractivity contribution in [3.63, 3.8) is 0 Å². The van der Waals surface area contributed by atoms with Crippen LogP contribution >= 0.6 is 0 Å². The Morgan fingerprint density at radius 1 is 1.16 bits per heavy atom. The average molecular weight is 257 g/mol. The minimum atomic E-state index is -0.670. The maximum atomic E-state index is 11.8. The SMILES string of the molecule is O=c1oc2cc(O)ccc2c2c([N+](=O)[O-])cccc12. The summed E-state index contributed by atoms with van der Waals surface area (Å²) in [5, 5.41) is 21.2. The Bertz CT molecular complexity index is 881. The third-order valence-electron chi connectivity index (χ3n) is 2.90. The van der Waals surface area contributed by atoms with E-state index in [0.717, 1.165) is 0 Å².